The fourth-order valence-electron chi connectivity index (χ4n) is 0.936. The van der Waals surface area contributed by atoms with Crippen LogP contribution >= 0.6 is 0 Å². The Hall–Kier alpha value is -1.42. The Morgan fingerprint density at radius 2 is 2.31 bits per heavy atom. The summed E-state index contributed by atoms with van der Waals surface area (Å²) in [4.78, 5) is 10.8. The second-order valence-corrected chi connectivity index (χ2v) is 2.74. The van der Waals surface area contributed by atoms with Crippen LogP contribution in [0.15, 0.2) is 18.2 Å². The van der Waals surface area contributed by atoms with E-state index in [1.807, 2.05) is 6.92 Å². The van der Waals surface area contributed by atoms with Crippen molar-refractivity contribution >= 4 is 11.6 Å². The number of nitrogens with two attached hydrogens (primary N) is 1. The number of carbonyl (C=O) groups excluding carboxylic acids is 1. The van der Waals surface area contributed by atoms with E-state index in [1.165, 1.54) is 6.07 Å². The summed E-state index contributed by atoms with van der Waals surface area (Å²) in [5.41, 5.74) is 6.13. The van der Waals surface area contributed by atoms with Gasteiger partial charge in [-0.25, -0.2) is 4.39 Å². The molecule has 0 aromatic heterocycles. The van der Waals surface area contributed by atoms with E-state index in [0.29, 0.717) is 0 Å². The molecule has 0 aliphatic carbocycles. The standard InChI is InChI=1S/C9H11FN2O/c1-6-2-3-7(10)8(4-6)12-9(13)5-11/h2-4H,5,11H2,1H3,(H,12,13). The van der Waals surface area contributed by atoms with Crippen molar-refractivity contribution in [1.29, 1.82) is 0 Å². The molecule has 0 heterocycles. The highest BCUT2D eigenvalue weighted by molar-refractivity contribution is 5.92. The van der Waals surface area contributed by atoms with Gasteiger partial charge in [0.2, 0.25) is 5.91 Å². The zero-order chi connectivity index (χ0) is 9.84. The minimum atomic E-state index is -0.451. The Morgan fingerprint density at radius 3 is 2.92 bits per heavy atom. The van der Waals surface area contributed by atoms with Crippen molar-refractivity contribution in [3.63, 3.8) is 0 Å². The van der Waals surface area contributed by atoms with Crippen molar-refractivity contribution in [3.05, 3.63) is 29.6 Å². The number of aryl methyl sites for hydroxylation is 1. The average Bonchev–Trinajstić information content (AvgIpc) is 2.11. The van der Waals surface area contributed by atoms with Gasteiger partial charge >= 0.3 is 0 Å². The number of halogens is 1. The van der Waals surface area contributed by atoms with Crippen molar-refractivity contribution in [2.24, 2.45) is 5.73 Å². The van der Waals surface area contributed by atoms with Gasteiger partial charge in [-0.1, -0.05) is 6.07 Å². The fourth-order valence-corrected chi connectivity index (χ4v) is 0.936. The van der Waals surface area contributed by atoms with Gasteiger partial charge in [0.05, 0.1) is 12.2 Å². The van der Waals surface area contributed by atoms with E-state index in [2.05, 4.69) is 5.32 Å². The van der Waals surface area contributed by atoms with Gasteiger partial charge in [-0.15, -0.1) is 0 Å². The summed E-state index contributed by atoms with van der Waals surface area (Å²) in [6.07, 6.45) is 0. The molecule has 3 nitrogen and oxygen atoms in total. The molecule has 1 amide bonds. The van der Waals surface area contributed by atoms with Crippen LogP contribution in [0.4, 0.5) is 10.1 Å². The molecule has 0 aliphatic heterocycles. The highest BCUT2D eigenvalue weighted by Gasteiger charge is 2.04. The summed E-state index contributed by atoms with van der Waals surface area (Å²) in [6, 6.07) is 4.50. The molecule has 0 aliphatic rings. The molecule has 4 heteroatoms. The van der Waals surface area contributed by atoms with E-state index in [9.17, 15) is 9.18 Å². The van der Waals surface area contributed by atoms with E-state index in [0.717, 1.165) is 5.56 Å². The van der Waals surface area contributed by atoms with Gasteiger partial charge in [0.25, 0.3) is 0 Å². The molecule has 0 bridgehead atoms. The first-order chi connectivity index (χ1) is 6.13. The van der Waals surface area contributed by atoms with Gasteiger partial charge in [0.1, 0.15) is 5.82 Å². The molecule has 1 aromatic carbocycles. The lowest BCUT2D eigenvalue weighted by Gasteiger charge is -2.05. The SMILES string of the molecule is Cc1ccc(F)c(NC(=O)CN)c1. The van der Waals surface area contributed by atoms with Crippen molar-refractivity contribution in [2.75, 3.05) is 11.9 Å². The van der Waals surface area contributed by atoms with Gasteiger partial charge in [-0.3, -0.25) is 4.79 Å². The second kappa shape index (κ2) is 4.00. The quantitative estimate of drug-likeness (QED) is 0.717. The zero-order valence-corrected chi connectivity index (χ0v) is 7.30. The lowest BCUT2D eigenvalue weighted by atomic mass is 10.2. The van der Waals surface area contributed by atoms with Gasteiger partial charge in [0.15, 0.2) is 0 Å². The number of rotatable bonds is 2. The number of amides is 1. The molecule has 3 N–H and O–H groups in total. The van der Waals surface area contributed by atoms with Crippen LogP contribution in [0, 0.1) is 12.7 Å². The van der Waals surface area contributed by atoms with Crippen LogP contribution in [0.25, 0.3) is 0 Å². The summed E-state index contributed by atoms with van der Waals surface area (Å²) in [6.45, 7) is 1.67. The first kappa shape index (κ1) is 9.67. The van der Waals surface area contributed by atoms with Crippen molar-refractivity contribution in [1.82, 2.24) is 0 Å². The Labute approximate surface area is 75.7 Å². The molecule has 0 saturated carbocycles. The summed E-state index contributed by atoms with van der Waals surface area (Å²) < 4.78 is 13.0. The van der Waals surface area contributed by atoms with Crippen molar-refractivity contribution < 1.29 is 9.18 Å². The Balaban J connectivity index is 2.87. The molecular weight excluding hydrogens is 171 g/mol. The summed E-state index contributed by atoms with van der Waals surface area (Å²) in [7, 11) is 0. The van der Waals surface area contributed by atoms with Crippen LogP contribution in [0.3, 0.4) is 0 Å². The lowest BCUT2D eigenvalue weighted by molar-refractivity contribution is -0.114. The maximum absolute atomic E-state index is 13.0. The molecule has 13 heavy (non-hydrogen) atoms. The molecule has 0 radical (unpaired) electrons. The first-order valence-corrected chi connectivity index (χ1v) is 3.89. The van der Waals surface area contributed by atoms with Crippen LogP contribution in [0.2, 0.25) is 0 Å². The van der Waals surface area contributed by atoms with Crippen LogP contribution in [-0.2, 0) is 4.79 Å². The third kappa shape index (κ3) is 2.52. The minimum Gasteiger partial charge on any atom is -0.322 e. The topological polar surface area (TPSA) is 55.1 Å². The van der Waals surface area contributed by atoms with E-state index in [1.54, 1.807) is 12.1 Å². The van der Waals surface area contributed by atoms with Crippen LogP contribution in [-0.4, -0.2) is 12.5 Å². The molecule has 1 rings (SSSR count). The van der Waals surface area contributed by atoms with E-state index < -0.39 is 11.7 Å². The second-order valence-electron chi connectivity index (χ2n) is 2.74. The fraction of sp³-hybridized carbons (Fsp3) is 0.222. The van der Waals surface area contributed by atoms with Crippen LogP contribution in [0.1, 0.15) is 5.56 Å². The molecule has 0 unspecified atom stereocenters. The number of nitrogens with one attached hydrogen (secondary N) is 1. The monoisotopic (exact) mass is 182 g/mol. The third-order valence-corrected chi connectivity index (χ3v) is 1.58. The highest BCUT2D eigenvalue weighted by atomic mass is 19.1. The summed E-state index contributed by atoms with van der Waals surface area (Å²) in [5, 5.41) is 2.36. The molecule has 0 fully saturated rings. The van der Waals surface area contributed by atoms with E-state index in [-0.39, 0.29) is 12.2 Å². The number of anilines is 1. The van der Waals surface area contributed by atoms with Crippen molar-refractivity contribution in [3.8, 4) is 0 Å². The van der Waals surface area contributed by atoms with E-state index >= 15 is 0 Å². The van der Waals surface area contributed by atoms with Gasteiger partial charge < -0.3 is 11.1 Å². The normalized spacial score (nSPS) is 9.77. The molecule has 70 valence electrons. The minimum absolute atomic E-state index is 0.145. The maximum Gasteiger partial charge on any atom is 0.238 e. The number of benzene rings is 1. The van der Waals surface area contributed by atoms with Gasteiger partial charge in [-0.05, 0) is 24.6 Å². The maximum atomic E-state index is 13.0. The Morgan fingerprint density at radius 1 is 1.62 bits per heavy atom. The highest BCUT2D eigenvalue weighted by Crippen LogP contribution is 2.14. The predicted octanol–water partition coefficient (Wildman–Crippen LogP) is 1.03. The summed E-state index contributed by atoms with van der Waals surface area (Å²) >= 11 is 0. The van der Waals surface area contributed by atoms with Crippen LogP contribution in [0.5, 0.6) is 0 Å². The smallest absolute Gasteiger partial charge is 0.238 e. The molecule has 0 atom stereocenters. The number of hydrogen-bond acceptors (Lipinski definition) is 2. The zero-order valence-electron chi connectivity index (χ0n) is 7.30. The first-order valence-electron chi connectivity index (χ1n) is 3.89. The molecule has 1 aromatic rings. The van der Waals surface area contributed by atoms with E-state index in [4.69, 9.17) is 5.73 Å². The van der Waals surface area contributed by atoms with Crippen molar-refractivity contribution in [2.45, 2.75) is 6.92 Å². The third-order valence-electron chi connectivity index (χ3n) is 1.58. The van der Waals surface area contributed by atoms with Crippen LogP contribution < -0.4 is 11.1 Å². The summed E-state index contributed by atoms with van der Waals surface area (Å²) in [5.74, 6) is -0.850. The molecular formula is C9H11FN2O. The average molecular weight is 182 g/mol. The lowest BCUT2D eigenvalue weighted by Crippen LogP contribution is -2.22. The Bertz CT molecular complexity index is 325. The number of carbonyl (C=O) groups is 1. The van der Waals surface area contributed by atoms with Gasteiger partial charge in [-0.2, -0.15) is 0 Å². The Kier molecular flexibility index (Phi) is 2.97. The predicted molar refractivity (Wildman–Crippen MR) is 48.8 cm³/mol. The number of hydrogen-bond donors (Lipinski definition) is 2. The largest absolute Gasteiger partial charge is 0.322 e. The molecule has 0 saturated heterocycles. The molecule has 0 spiro atoms. The van der Waals surface area contributed by atoms with Gasteiger partial charge in [0, 0.05) is 0 Å².